The van der Waals surface area contributed by atoms with Crippen LogP contribution in [0.4, 0.5) is 0 Å². The van der Waals surface area contributed by atoms with Crippen molar-refractivity contribution in [2.45, 2.75) is 50.8 Å². The van der Waals surface area contributed by atoms with Crippen LogP contribution in [0.15, 0.2) is 24.3 Å². The molecular weight excluding hydrogens is 276 g/mol. The standard InChI is InChI=1S/C18H30N2S/c1-14(2)15-5-7-16(8-6-15)17(13-19)20-10-9-18(3,4)21-12-11-20/h5-8,14,17H,9-13,19H2,1-4H3. The van der Waals surface area contributed by atoms with E-state index in [9.17, 15) is 0 Å². The molecule has 1 aromatic carbocycles. The molecule has 118 valence electrons. The molecule has 0 amide bonds. The summed E-state index contributed by atoms with van der Waals surface area (Å²) in [7, 11) is 0. The van der Waals surface area contributed by atoms with Gasteiger partial charge >= 0.3 is 0 Å². The lowest BCUT2D eigenvalue weighted by Crippen LogP contribution is -2.35. The van der Waals surface area contributed by atoms with E-state index in [0.29, 0.717) is 23.3 Å². The Morgan fingerprint density at radius 2 is 1.76 bits per heavy atom. The minimum atomic E-state index is 0.362. The Balaban J connectivity index is 2.11. The first-order valence-electron chi connectivity index (χ1n) is 8.11. The van der Waals surface area contributed by atoms with E-state index < -0.39 is 0 Å². The van der Waals surface area contributed by atoms with Crippen molar-refractivity contribution in [2.75, 3.05) is 25.4 Å². The van der Waals surface area contributed by atoms with E-state index >= 15 is 0 Å². The number of nitrogens with zero attached hydrogens (tertiary/aromatic N) is 1. The summed E-state index contributed by atoms with van der Waals surface area (Å²) in [5.74, 6) is 1.79. The van der Waals surface area contributed by atoms with Gasteiger partial charge < -0.3 is 5.73 Å². The van der Waals surface area contributed by atoms with E-state index in [2.05, 4.69) is 68.6 Å². The third-order valence-corrected chi connectivity index (χ3v) is 5.90. The van der Waals surface area contributed by atoms with Gasteiger partial charge in [-0.05, 0) is 23.5 Å². The second-order valence-electron chi connectivity index (χ2n) is 6.97. The summed E-state index contributed by atoms with van der Waals surface area (Å²) >= 11 is 2.09. The van der Waals surface area contributed by atoms with Gasteiger partial charge in [0.15, 0.2) is 0 Å². The molecule has 3 heteroatoms. The molecule has 2 N–H and O–H groups in total. The average molecular weight is 307 g/mol. The van der Waals surface area contributed by atoms with Crippen molar-refractivity contribution in [1.82, 2.24) is 4.90 Å². The highest BCUT2D eigenvalue weighted by Crippen LogP contribution is 2.33. The highest BCUT2D eigenvalue weighted by Gasteiger charge is 2.27. The summed E-state index contributed by atoms with van der Waals surface area (Å²) < 4.78 is 0.398. The molecule has 1 atom stereocenters. The number of hydrogen-bond donors (Lipinski definition) is 1. The van der Waals surface area contributed by atoms with Gasteiger partial charge in [0.2, 0.25) is 0 Å². The van der Waals surface area contributed by atoms with Crippen LogP contribution in [0, 0.1) is 0 Å². The summed E-state index contributed by atoms with van der Waals surface area (Å²) in [5, 5.41) is 0. The number of nitrogens with two attached hydrogens (primary N) is 1. The summed E-state index contributed by atoms with van der Waals surface area (Å²) in [6.45, 7) is 12.2. The molecule has 0 aromatic heterocycles. The van der Waals surface area contributed by atoms with Gasteiger partial charge in [-0.1, -0.05) is 52.0 Å². The third-order valence-electron chi connectivity index (χ3n) is 4.52. The molecule has 21 heavy (non-hydrogen) atoms. The molecule has 0 radical (unpaired) electrons. The fourth-order valence-electron chi connectivity index (χ4n) is 2.95. The van der Waals surface area contributed by atoms with Gasteiger partial charge in [-0.25, -0.2) is 0 Å². The number of rotatable bonds is 4. The summed E-state index contributed by atoms with van der Waals surface area (Å²) in [6.07, 6.45) is 1.23. The first kappa shape index (κ1) is 16.9. The molecular formula is C18H30N2S. The Labute approximate surface area is 134 Å². The van der Waals surface area contributed by atoms with E-state index in [-0.39, 0.29) is 0 Å². The predicted octanol–water partition coefficient (Wildman–Crippen LogP) is 4.03. The quantitative estimate of drug-likeness (QED) is 0.910. The topological polar surface area (TPSA) is 29.3 Å². The lowest BCUT2D eigenvalue weighted by atomic mass is 9.98. The highest BCUT2D eigenvalue weighted by molar-refractivity contribution is 8.00. The second kappa shape index (κ2) is 7.17. The summed E-state index contributed by atoms with van der Waals surface area (Å²) in [6, 6.07) is 9.44. The lowest BCUT2D eigenvalue weighted by Gasteiger charge is -2.30. The number of hydrogen-bond acceptors (Lipinski definition) is 3. The van der Waals surface area contributed by atoms with Crippen molar-refractivity contribution in [3.63, 3.8) is 0 Å². The molecule has 1 aromatic rings. The minimum Gasteiger partial charge on any atom is -0.329 e. The first-order chi connectivity index (χ1) is 9.93. The number of thioether (sulfide) groups is 1. The molecule has 0 bridgehead atoms. The molecule has 0 saturated carbocycles. The molecule has 1 saturated heterocycles. The number of benzene rings is 1. The van der Waals surface area contributed by atoms with Crippen LogP contribution in [-0.2, 0) is 0 Å². The summed E-state index contributed by atoms with van der Waals surface area (Å²) in [5.41, 5.74) is 8.88. The summed E-state index contributed by atoms with van der Waals surface area (Å²) in [4.78, 5) is 2.58. The van der Waals surface area contributed by atoms with Gasteiger partial charge in [0.05, 0.1) is 0 Å². The van der Waals surface area contributed by atoms with Crippen molar-refractivity contribution < 1.29 is 0 Å². The lowest BCUT2D eigenvalue weighted by molar-refractivity contribution is 0.211. The Morgan fingerprint density at radius 3 is 2.33 bits per heavy atom. The van der Waals surface area contributed by atoms with Crippen molar-refractivity contribution >= 4 is 11.8 Å². The average Bonchev–Trinajstić information content (AvgIpc) is 2.62. The van der Waals surface area contributed by atoms with Gasteiger partial charge in [-0.15, -0.1) is 0 Å². The van der Waals surface area contributed by atoms with Crippen LogP contribution in [0.5, 0.6) is 0 Å². The first-order valence-corrected chi connectivity index (χ1v) is 9.09. The van der Waals surface area contributed by atoms with E-state index in [1.807, 2.05) is 0 Å². The largest absolute Gasteiger partial charge is 0.329 e. The molecule has 1 aliphatic rings. The molecule has 1 heterocycles. The maximum Gasteiger partial charge on any atom is 0.0470 e. The molecule has 1 unspecified atom stereocenters. The van der Waals surface area contributed by atoms with Gasteiger partial charge in [-0.2, -0.15) is 11.8 Å². The maximum absolute atomic E-state index is 6.10. The highest BCUT2D eigenvalue weighted by atomic mass is 32.2. The van der Waals surface area contributed by atoms with Crippen molar-refractivity contribution in [2.24, 2.45) is 5.73 Å². The Bertz CT molecular complexity index is 439. The van der Waals surface area contributed by atoms with Crippen LogP contribution < -0.4 is 5.73 Å². The van der Waals surface area contributed by atoms with Crippen LogP contribution in [0.3, 0.4) is 0 Å². The van der Waals surface area contributed by atoms with Gasteiger partial charge in [-0.3, -0.25) is 4.90 Å². The predicted molar refractivity (Wildman–Crippen MR) is 95.1 cm³/mol. The van der Waals surface area contributed by atoms with E-state index in [1.165, 1.54) is 23.3 Å². The normalized spacial score (nSPS) is 21.2. The van der Waals surface area contributed by atoms with Gasteiger partial charge in [0, 0.05) is 36.2 Å². The zero-order valence-electron chi connectivity index (χ0n) is 13.9. The zero-order valence-corrected chi connectivity index (χ0v) is 14.7. The minimum absolute atomic E-state index is 0.362. The smallest absolute Gasteiger partial charge is 0.0470 e. The van der Waals surface area contributed by atoms with Crippen LogP contribution in [0.1, 0.15) is 57.2 Å². The zero-order chi connectivity index (χ0) is 15.5. The Hall–Kier alpha value is -0.510. The molecule has 1 aliphatic heterocycles. The maximum atomic E-state index is 6.10. The Kier molecular flexibility index (Phi) is 5.75. The van der Waals surface area contributed by atoms with Crippen LogP contribution in [0.25, 0.3) is 0 Å². The fraction of sp³-hybridized carbons (Fsp3) is 0.667. The van der Waals surface area contributed by atoms with Crippen LogP contribution in [-0.4, -0.2) is 35.0 Å². The van der Waals surface area contributed by atoms with E-state index in [1.54, 1.807) is 0 Å². The van der Waals surface area contributed by atoms with Crippen molar-refractivity contribution in [3.05, 3.63) is 35.4 Å². The van der Waals surface area contributed by atoms with Gasteiger partial charge in [0.1, 0.15) is 0 Å². The van der Waals surface area contributed by atoms with Crippen molar-refractivity contribution in [3.8, 4) is 0 Å². The molecule has 2 nitrogen and oxygen atoms in total. The second-order valence-corrected chi connectivity index (χ2v) is 8.77. The molecule has 1 fully saturated rings. The van der Waals surface area contributed by atoms with Crippen LogP contribution >= 0.6 is 11.8 Å². The molecule has 2 rings (SSSR count). The Morgan fingerprint density at radius 1 is 1.14 bits per heavy atom. The third kappa shape index (κ3) is 4.48. The van der Waals surface area contributed by atoms with E-state index in [0.717, 1.165) is 13.1 Å². The van der Waals surface area contributed by atoms with E-state index in [4.69, 9.17) is 5.73 Å². The SMILES string of the molecule is CC(C)c1ccc(C(CN)N2CCSC(C)(C)CC2)cc1. The van der Waals surface area contributed by atoms with Crippen molar-refractivity contribution in [1.29, 1.82) is 0 Å². The van der Waals surface area contributed by atoms with Gasteiger partial charge in [0.25, 0.3) is 0 Å². The fourth-order valence-corrected chi connectivity index (χ4v) is 4.06. The monoisotopic (exact) mass is 306 g/mol. The molecule has 0 aliphatic carbocycles. The molecule has 0 spiro atoms. The van der Waals surface area contributed by atoms with Crippen LogP contribution in [0.2, 0.25) is 0 Å².